The Balaban J connectivity index is 3.87. The lowest BCUT2D eigenvalue weighted by atomic mass is 10.0. The van der Waals surface area contributed by atoms with E-state index in [1.165, 1.54) is 89.9 Å². The van der Waals surface area contributed by atoms with Crippen molar-refractivity contribution >= 4 is 25.7 Å². The minimum atomic E-state index is -4.75. The number of hydrogen-bond acceptors (Lipinski definition) is 8. The Bertz CT molecular complexity index is 1040. The van der Waals surface area contributed by atoms with Gasteiger partial charge in [0.25, 0.3) is 0 Å². The van der Waals surface area contributed by atoms with Crippen molar-refractivity contribution in [3.05, 3.63) is 24.3 Å². The number of carboxylic acids is 1. The molecule has 4 N–H and O–H groups in total. The van der Waals surface area contributed by atoms with Gasteiger partial charge in [0.15, 0.2) is 6.04 Å². The second-order valence-electron chi connectivity index (χ2n) is 14.9. The Labute approximate surface area is 334 Å². The molecule has 0 aromatic carbocycles. The van der Waals surface area contributed by atoms with Gasteiger partial charge in [-0.05, 0) is 38.5 Å². The zero-order valence-corrected chi connectivity index (χ0v) is 35.6. The highest BCUT2D eigenvalue weighted by Crippen LogP contribution is 2.43. The molecule has 0 aliphatic heterocycles. The van der Waals surface area contributed by atoms with Crippen molar-refractivity contribution in [1.29, 1.82) is 0 Å². The van der Waals surface area contributed by atoms with Crippen molar-refractivity contribution in [3.63, 3.8) is 0 Å². The van der Waals surface area contributed by atoms with Gasteiger partial charge >= 0.3 is 19.8 Å². The molecule has 0 aliphatic carbocycles. The quantitative estimate of drug-likeness (QED) is 0.0202. The average molecular weight is 802 g/mol. The van der Waals surface area contributed by atoms with E-state index in [-0.39, 0.29) is 12.8 Å². The Kier molecular flexibility index (Phi) is 37.4. The second kappa shape index (κ2) is 38.8. The van der Waals surface area contributed by atoms with Gasteiger partial charge in [-0.25, -0.2) is 9.36 Å². The molecule has 12 heteroatoms. The summed E-state index contributed by atoms with van der Waals surface area (Å²) >= 11 is 0. The lowest BCUT2D eigenvalue weighted by Gasteiger charge is -2.18. The molecular weight excluding hydrogens is 721 g/mol. The molecule has 3 unspecified atom stereocenters. The van der Waals surface area contributed by atoms with Gasteiger partial charge < -0.3 is 25.2 Å². The first-order chi connectivity index (χ1) is 26.6. The van der Waals surface area contributed by atoms with Crippen molar-refractivity contribution in [3.8, 4) is 0 Å². The Morgan fingerprint density at radius 1 is 0.582 bits per heavy atom. The molecule has 0 aromatic heterocycles. The summed E-state index contributed by atoms with van der Waals surface area (Å²) in [5.41, 5.74) is 0. The summed E-state index contributed by atoms with van der Waals surface area (Å²) in [6, 6.07) is -1.55. The van der Waals surface area contributed by atoms with E-state index in [4.69, 9.17) is 13.8 Å². The van der Waals surface area contributed by atoms with E-state index in [0.717, 1.165) is 70.6 Å². The highest BCUT2D eigenvalue weighted by Gasteiger charge is 2.28. The number of esters is 1. The van der Waals surface area contributed by atoms with Crippen molar-refractivity contribution in [2.45, 2.75) is 212 Å². The number of amides is 1. The molecular formula is C43H80NO10P. The predicted octanol–water partition coefficient (Wildman–Crippen LogP) is 11.1. The minimum absolute atomic E-state index is 0.130. The van der Waals surface area contributed by atoms with Crippen LogP contribution in [-0.4, -0.2) is 64.9 Å². The number of aliphatic hydroxyl groups excluding tert-OH is 1. The van der Waals surface area contributed by atoms with Gasteiger partial charge in [-0.2, -0.15) is 0 Å². The SMILES string of the molecule is CCC/C=C\C/C=C\CCCCCCCC(=O)NC(COP(=O)(O)OCC(O)COC(=O)CCCCCCCCCCCCCCCCCCCC)C(=O)O. The monoisotopic (exact) mass is 802 g/mol. The van der Waals surface area contributed by atoms with Crippen LogP contribution in [0.2, 0.25) is 0 Å². The van der Waals surface area contributed by atoms with E-state index in [0.29, 0.717) is 12.8 Å². The van der Waals surface area contributed by atoms with Crippen LogP contribution in [0, 0.1) is 0 Å². The van der Waals surface area contributed by atoms with Gasteiger partial charge in [0.05, 0.1) is 13.2 Å². The molecule has 3 atom stereocenters. The fraction of sp³-hybridized carbons (Fsp3) is 0.837. The minimum Gasteiger partial charge on any atom is -0.480 e. The fourth-order valence-electron chi connectivity index (χ4n) is 6.06. The van der Waals surface area contributed by atoms with Crippen LogP contribution in [0.5, 0.6) is 0 Å². The highest BCUT2D eigenvalue weighted by molar-refractivity contribution is 7.47. The number of carbonyl (C=O) groups is 3. The third kappa shape index (κ3) is 38.6. The topological polar surface area (TPSA) is 169 Å². The molecule has 11 nitrogen and oxygen atoms in total. The van der Waals surface area contributed by atoms with Gasteiger partial charge in [-0.15, -0.1) is 0 Å². The van der Waals surface area contributed by atoms with Crippen LogP contribution < -0.4 is 5.32 Å². The van der Waals surface area contributed by atoms with Crippen LogP contribution in [0.3, 0.4) is 0 Å². The van der Waals surface area contributed by atoms with Gasteiger partial charge in [0.2, 0.25) is 5.91 Å². The summed E-state index contributed by atoms with van der Waals surface area (Å²) in [6.45, 7) is 2.53. The summed E-state index contributed by atoms with van der Waals surface area (Å²) < 4.78 is 26.8. The smallest absolute Gasteiger partial charge is 0.472 e. The number of phosphoric ester groups is 1. The van der Waals surface area contributed by atoms with Gasteiger partial charge in [0.1, 0.15) is 12.7 Å². The number of rotatable bonds is 41. The lowest BCUT2D eigenvalue weighted by molar-refractivity contribution is -0.147. The van der Waals surface area contributed by atoms with E-state index in [9.17, 15) is 34.1 Å². The number of phosphoric acid groups is 1. The van der Waals surface area contributed by atoms with E-state index in [1.54, 1.807) is 0 Å². The molecule has 0 saturated carbocycles. The molecule has 0 radical (unpaired) electrons. The first-order valence-corrected chi connectivity index (χ1v) is 23.4. The number of ether oxygens (including phenoxy) is 1. The number of hydrogen-bond donors (Lipinski definition) is 4. The number of nitrogens with one attached hydrogen (secondary N) is 1. The lowest BCUT2D eigenvalue weighted by Crippen LogP contribution is -2.43. The van der Waals surface area contributed by atoms with Crippen LogP contribution in [0.15, 0.2) is 24.3 Å². The number of unbranched alkanes of at least 4 members (excludes halogenated alkanes) is 23. The molecule has 0 aliphatic rings. The summed E-state index contributed by atoms with van der Waals surface area (Å²) in [5, 5.41) is 21.8. The first-order valence-electron chi connectivity index (χ1n) is 21.9. The van der Waals surface area contributed by atoms with Crippen molar-refractivity contribution in [1.82, 2.24) is 5.32 Å². The highest BCUT2D eigenvalue weighted by atomic mass is 31.2. The summed E-state index contributed by atoms with van der Waals surface area (Å²) in [5.74, 6) is -2.39. The summed E-state index contributed by atoms with van der Waals surface area (Å²) in [6.07, 6.45) is 39.2. The van der Waals surface area contributed by atoms with Crippen LogP contribution in [0.1, 0.15) is 200 Å². The zero-order chi connectivity index (χ0) is 40.7. The predicted molar refractivity (Wildman–Crippen MR) is 222 cm³/mol. The molecule has 0 rings (SSSR count). The Hall–Kier alpha value is -2.04. The maximum atomic E-state index is 12.3. The Morgan fingerprint density at radius 2 is 1.04 bits per heavy atom. The van der Waals surface area contributed by atoms with Crippen LogP contribution in [0.25, 0.3) is 0 Å². The fourth-order valence-corrected chi connectivity index (χ4v) is 6.83. The van der Waals surface area contributed by atoms with Crippen LogP contribution >= 0.6 is 7.82 Å². The number of allylic oxidation sites excluding steroid dienone is 4. The second-order valence-corrected chi connectivity index (χ2v) is 16.3. The van der Waals surface area contributed by atoms with Gasteiger partial charge in [0, 0.05) is 12.8 Å². The number of aliphatic carboxylic acids is 1. The van der Waals surface area contributed by atoms with Crippen molar-refractivity contribution in [2.75, 3.05) is 19.8 Å². The largest absolute Gasteiger partial charge is 0.480 e. The molecule has 0 spiro atoms. The molecule has 0 aromatic rings. The van der Waals surface area contributed by atoms with Gasteiger partial charge in [-0.3, -0.25) is 18.6 Å². The van der Waals surface area contributed by atoms with E-state index < -0.39 is 57.6 Å². The van der Waals surface area contributed by atoms with E-state index >= 15 is 0 Å². The summed E-state index contributed by atoms with van der Waals surface area (Å²) in [4.78, 5) is 45.8. The average Bonchev–Trinajstić information content (AvgIpc) is 3.16. The molecule has 0 heterocycles. The normalized spacial score (nSPS) is 14.0. The molecule has 1 amide bonds. The molecule has 0 fully saturated rings. The van der Waals surface area contributed by atoms with Crippen LogP contribution in [-0.2, 0) is 32.7 Å². The van der Waals surface area contributed by atoms with E-state index in [2.05, 4.69) is 43.5 Å². The number of aliphatic hydroxyl groups is 1. The standard InChI is InChI=1S/C43H80NO10P/c1-3-5-7-9-11-13-15-17-18-19-20-21-23-25-27-29-31-33-35-42(47)52-36-39(45)37-53-55(50,51)54-38-40(43(48)49)44-41(46)34-32-30-28-26-24-22-16-14-12-10-8-6-4-2/h8,10,14,16,39-40,45H,3-7,9,11-13,15,17-38H2,1-2H3,(H,44,46)(H,48,49)(H,50,51)/b10-8-,16-14-. The zero-order valence-electron chi connectivity index (χ0n) is 34.7. The molecule has 0 saturated heterocycles. The molecule has 322 valence electrons. The summed E-state index contributed by atoms with van der Waals surface area (Å²) in [7, 11) is -4.75. The molecule has 0 bridgehead atoms. The first kappa shape index (κ1) is 53.0. The number of carboxylic acid groups (broad SMARTS) is 1. The number of carbonyl (C=O) groups excluding carboxylic acids is 2. The van der Waals surface area contributed by atoms with E-state index in [1.807, 2.05) is 0 Å². The Morgan fingerprint density at radius 3 is 1.55 bits per heavy atom. The van der Waals surface area contributed by atoms with Gasteiger partial charge in [-0.1, -0.05) is 173 Å². The third-order valence-corrected chi connectivity index (χ3v) is 10.4. The maximum absolute atomic E-state index is 12.3. The van der Waals surface area contributed by atoms with Crippen molar-refractivity contribution < 1.29 is 47.8 Å². The van der Waals surface area contributed by atoms with Crippen molar-refractivity contribution in [2.24, 2.45) is 0 Å². The molecule has 55 heavy (non-hydrogen) atoms. The third-order valence-electron chi connectivity index (χ3n) is 9.47. The van der Waals surface area contributed by atoms with Crippen LogP contribution in [0.4, 0.5) is 0 Å². The maximum Gasteiger partial charge on any atom is 0.472 e.